The SMILES string of the molecule is CN1CCN(C(=O)c2ccnc(C(=O)NCc3ccccc3Cl)c2)CC1. The zero-order valence-electron chi connectivity index (χ0n) is 14.6. The van der Waals surface area contributed by atoms with Crippen molar-refractivity contribution in [2.75, 3.05) is 33.2 Å². The first-order valence-corrected chi connectivity index (χ1v) is 8.88. The molecule has 0 unspecified atom stereocenters. The van der Waals surface area contributed by atoms with Gasteiger partial charge >= 0.3 is 0 Å². The summed E-state index contributed by atoms with van der Waals surface area (Å²) in [6, 6.07) is 10.5. The molecule has 136 valence electrons. The minimum absolute atomic E-state index is 0.0688. The molecule has 0 saturated carbocycles. The van der Waals surface area contributed by atoms with Crippen LogP contribution in [0.5, 0.6) is 0 Å². The molecule has 3 rings (SSSR count). The van der Waals surface area contributed by atoms with Crippen molar-refractivity contribution in [3.05, 3.63) is 64.4 Å². The molecular formula is C19H21ClN4O2. The molecule has 2 heterocycles. The van der Waals surface area contributed by atoms with Crippen LogP contribution in [0.25, 0.3) is 0 Å². The number of rotatable bonds is 4. The number of carbonyl (C=O) groups is 2. The van der Waals surface area contributed by atoms with E-state index in [2.05, 4.69) is 15.2 Å². The highest BCUT2D eigenvalue weighted by atomic mass is 35.5. The van der Waals surface area contributed by atoms with E-state index >= 15 is 0 Å². The zero-order chi connectivity index (χ0) is 18.5. The number of carbonyl (C=O) groups excluding carboxylic acids is 2. The van der Waals surface area contributed by atoms with Gasteiger partial charge in [-0.2, -0.15) is 0 Å². The number of benzene rings is 1. The molecule has 0 radical (unpaired) electrons. The number of likely N-dealkylation sites (N-methyl/N-ethyl adjacent to an activating group) is 1. The van der Waals surface area contributed by atoms with Crippen molar-refractivity contribution >= 4 is 23.4 Å². The number of piperazine rings is 1. The van der Waals surface area contributed by atoms with Gasteiger partial charge in [-0.3, -0.25) is 14.6 Å². The van der Waals surface area contributed by atoms with E-state index in [1.165, 1.54) is 6.20 Å². The molecule has 0 bridgehead atoms. The lowest BCUT2D eigenvalue weighted by Crippen LogP contribution is -2.47. The number of hydrogen-bond donors (Lipinski definition) is 1. The Hall–Kier alpha value is -2.44. The van der Waals surface area contributed by atoms with Crippen LogP contribution in [-0.2, 0) is 6.54 Å². The van der Waals surface area contributed by atoms with E-state index in [0.717, 1.165) is 18.7 Å². The number of aromatic nitrogens is 1. The lowest BCUT2D eigenvalue weighted by molar-refractivity contribution is 0.0664. The molecule has 2 aromatic rings. The Labute approximate surface area is 157 Å². The second kappa shape index (κ2) is 8.29. The van der Waals surface area contributed by atoms with E-state index in [0.29, 0.717) is 30.2 Å². The van der Waals surface area contributed by atoms with Crippen molar-refractivity contribution in [2.24, 2.45) is 0 Å². The van der Waals surface area contributed by atoms with Gasteiger partial charge in [0.2, 0.25) is 0 Å². The third kappa shape index (κ3) is 4.39. The summed E-state index contributed by atoms with van der Waals surface area (Å²) in [5, 5.41) is 3.39. The second-order valence-electron chi connectivity index (χ2n) is 6.30. The third-order valence-electron chi connectivity index (χ3n) is 4.43. The molecule has 1 aromatic carbocycles. The molecule has 1 aromatic heterocycles. The van der Waals surface area contributed by atoms with Crippen molar-refractivity contribution in [1.29, 1.82) is 0 Å². The molecule has 1 aliphatic heterocycles. The van der Waals surface area contributed by atoms with Crippen molar-refractivity contribution in [2.45, 2.75) is 6.54 Å². The summed E-state index contributed by atoms with van der Waals surface area (Å²) in [6.45, 7) is 3.37. The van der Waals surface area contributed by atoms with Gasteiger partial charge in [-0.25, -0.2) is 0 Å². The molecule has 1 saturated heterocycles. The summed E-state index contributed by atoms with van der Waals surface area (Å²) in [6.07, 6.45) is 1.49. The Morgan fingerprint density at radius 1 is 1.15 bits per heavy atom. The quantitative estimate of drug-likeness (QED) is 0.892. The highest BCUT2D eigenvalue weighted by Crippen LogP contribution is 2.15. The van der Waals surface area contributed by atoms with E-state index in [4.69, 9.17) is 11.6 Å². The third-order valence-corrected chi connectivity index (χ3v) is 4.80. The van der Waals surface area contributed by atoms with Crippen molar-refractivity contribution < 1.29 is 9.59 Å². The molecule has 1 aliphatic rings. The molecule has 1 N–H and O–H groups in total. The smallest absolute Gasteiger partial charge is 0.270 e. The van der Waals surface area contributed by atoms with Crippen LogP contribution in [0, 0.1) is 0 Å². The van der Waals surface area contributed by atoms with Crippen LogP contribution in [0.1, 0.15) is 26.4 Å². The zero-order valence-corrected chi connectivity index (χ0v) is 15.4. The molecular weight excluding hydrogens is 352 g/mol. The van der Waals surface area contributed by atoms with Crippen LogP contribution in [0.3, 0.4) is 0 Å². The first kappa shape index (κ1) is 18.4. The highest BCUT2D eigenvalue weighted by molar-refractivity contribution is 6.31. The van der Waals surface area contributed by atoms with Crippen LogP contribution >= 0.6 is 11.6 Å². The average Bonchev–Trinajstić information content (AvgIpc) is 2.67. The van der Waals surface area contributed by atoms with Crippen LogP contribution in [0.2, 0.25) is 5.02 Å². The number of halogens is 1. The molecule has 2 amide bonds. The lowest BCUT2D eigenvalue weighted by atomic mass is 10.1. The van der Waals surface area contributed by atoms with Gasteiger partial charge in [-0.1, -0.05) is 29.8 Å². The van der Waals surface area contributed by atoms with Gasteiger partial charge in [0.25, 0.3) is 11.8 Å². The van der Waals surface area contributed by atoms with E-state index in [1.807, 2.05) is 25.2 Å². The van der Waals surface area contributed by atoms with E-state index < -0.39 is 0 Å². The normalized spacial score (nSPS) is 14.9. The number of pyridine rings is 1. The number of nitrogens with zero attached hydrogens (tertiary/aromatic N) is 3. The maximum atomic E-state index is 12.6. The fourth-order valence-corrected chi connectivity index (χ4v) is 2.99. The predicted octanol–water partition coefficient (Wildman–Crippen LogP) is 2.05. The number of amides is 2. The van der Waals surface area contributed by atoms with E-state index in [-0.39, 0.29) is 17.5 Å². The van der Waals surface area contributed by atoms with Gasteiger partial charge in [0, 0.05) is 49.5 Å². The van der Waals surface area contributed by atoms with E-state index in [1.54, 1.807) is 23.1 Å². The lowest BCUT2D eigenvalue weighted by Gasteiger charge is -2.32. The van der Waals surface area contributed by atoms with Crippen LogP contribution in [0.4, 0.5) is 0 Å². The molecule has 0 spiro atoms. The Morgan fingerprint density at radius 2 is 1.88 bits per heavy atom. The monoisotopic (exact) mass is 372 g/mol. The first-order valence-electron chi connectivity index (χ1n) is 8.50. The topological polar surface area (TPSA) is 65.5 Å². The van der Waals surface area contributed by atoms with Crippen LogP contribution in [-0.4, -0.2) is 59.8 Å². The summed E-state index contributed by atoms with van der Waals surface area (Å²) < 4.78 is 0. The van der Waals surface area contributed by atoms with Gasteiger partial charge in [-0.05, 0) is 30.8 Å². The summed E-state index contributed by atoms with van der Waals surface area (Å²) in [7, 11) is 2.04. The Bertz CT molecular complexity index is 804. The van der Waals surface area contributed by atoms with Crippen molar-refractivity contribution in [1.82, 2.24) is 20.1 Å². The molecule has 6 nitrogen and oxygen atoms in total. The molecule has 26 heavy (non-hydrogen) atoms. The largest absolute Gasteiger partial charge is 0.347 e. The van der Waals surface area contributed by atoms with Gasteiger partial charge in [0.05, 0.1) is 0 Å². The highest BCUT2D eigenvalue weighted by Gasteiger charge is 2.21. The maximum absolute atomic E-state index is 12.6. The molecule has 0 atom stereocenters. The first-order chi connectivity index (χ1) is 12.5. The fourth-order valence-electron chi connectivity index (χ4n) is 2.79. The van der Waals surface area contributed by atoms with Crippen molar-refractivity contribution in [3.63, 3.8) is 0 Å². The summed E-state index contributed by atoms with van der Waals surface area (Å²) >= 11 is 6.10. The van der Waals surface area contributed by atoms with Gasteiger partial charge in [0.15, 0.2) is 0 Å². The fraction of sp³-hybridized carbons (Fsp3) is 0.316. The summed E-state index contributed by atoms with van der Waals surface area (Å²) in [4.78, 5) is 33.1. The van der Waals surface area contributed by atoms with Gasteiger partial charge in [-0.15, -0.1) is 0 Å². The molecule has 1 fully saturated rings. The standard InChI is InChI=1S/C19H21ClN4O2/c1-23-8-10-24(11-9-23)19(26)14-6-7-21-17(12-14)18(25)22-13-15-4-2-3-5-16(15)20/h2-7,12H,8-11,13H2,1H3,(H,22,25). The van der Waals surface area contributed by atoms with Gasteiger partial charge in [0.1, 0.15) is 5.69 Å². The molecule has 0 aliphatic carbocycles. The second-order valence-corrected chi connectivity index (χ2v) is 6.71. The predicted molar refractivity (Wildman–Crippen MR) is 100 cm³/mol. The minimum atomic E-state index is -0.335. The number of nitrogens with one attached hydrogen (secondary N) is 1. The Balaban J connectivity index is 1.65. The molecule has 7 heteroatoms. The average molecular weight is 373 g/mol. The Kier molecular flexibility index (Phi) is 5.85. The maximum Gasteiger partial charge on any atom is 0.270 e. The summed E-state index contributed by atoms with van der Waals surface area (Å²) in [5.41, 5.74) is 1.52. The number of hydrogen-bond acceptors (Lipinski definition) is 4. The van der Waals surface area contributed by atoms with Gasteiger partial charge < -0.3 is 15.1 Å². The summed E-state index contributed by atoms with van der Waals surface area (Å²) in [5.74, 6) is -0.404. The van der Waals surface area contributed by atoms with E-state index in [9.17, 15) is 9.59 Å². The van der Waals surface area contributed by atoms with Crippen LogP contribution in [0.15, 0.2) is 42.6 Å². The Morgan fingerprint density at radius 3 is 2.62 bits per heavy atom. The van der Waals surface area contributed by atoms with Crippen molar-refractivity contribution in [3.8, 4) is 0 Å². The minimum Gasteiger partial charge on any atom is -0.347 e. The van der Waals surface area contributed by atoms with Crippen LogP contribution < -0.4 is 5.32 Å².